The van der Waals surface area contributed by atoms with Crippen molar-refractivity contribution in [2.24, 2.45) is 11.8 Å². The van der Waals surface area contributed by atoms with Crippen LogP contribution in [0.15, 0.2) is 24.3 Å². The fraction of sp³-hybridized carbons (Fsp3) is 0.684. The highest BCUT2D eigenvalue weighted by molar-refractivity contribution is 5.27. The van der Waals surface area contributed by atoms with Crippen LogP contribution < -0.4 is 4.74 Å². The first-order chi connectivity index (χ1) is 11.4. The molecule has 0 aromatic heterocycles. The minimum atomic E-state index is -4.99. The van der Waals surface area contributed by atoms with Crippen LogP contribution in [0, 0.1) is 11.8 Å². The molecule has 1 nitrogen and oxygen atoms in total. The molecule has 2 rings (SSSR count). The van der Waals surface area contributed by atoms with Gasteiger partial charge in [-0.2, -0.15) is 17.6 Å². The molecule has 1 unspecified atom stereocenters. The predicted molar refractivity (Wildman–Crippen MR) is 86.7 cm³/mol. The van der Waals surface area contributed by atoms with Gasteiger partial charge in [-0.3, -0.25) is 0 Å². The maximum atomic E-state index is 12.8. The van der Waals surface area contributed by atoms with Crippen molar-refractivity contribution in [2.75, 3.05) is 0 Å². The molecule has 0 spiro atoms. The first-order valence-corrected chi connectivity index (χ1v) is 8.85. The van der Waals surface area contributed by atoms with Crippen LogP contribution >= 0.6 is 0 Å². The molecule has 0 saturated heterocycles. The summed E-state index contributed by atoms with van der Waals surface area (Å²) in [6.07, 6.45) is 1.54. The van der Waals surface area contributed by atoms with E-state index in [4.69, 9.17) is 0 Å². The summed E-state index contributed by atoms with van der Waals surface area (Å²) in [6, 6.07) is 6.26. The maximum Gasteiger partial charge on any atom is 0.457 e. The lowest BCUT2D eigenvalue weighted by Crippen LogP contribution is -2.29. The van der Waals surface area contributed by atoms with Crippen molar-refractivity contribution in [3.8, 4) is 5.75 Å². The largest absolute Gasteiger partial charge is 0.457 e. The van der Waals surface area contributed by atoms with E-state index in [1.807, 2.05) is 0 Å². The normalized spacial score (nSPS) is 23.0. The second-order valence-corrected chi connectivity index (χ2v) is 6.83. The van der Waals surface area contributed by atoms with Crippen molar-refractivity contribution in [2.45, 2.75) is 70.8 Å². The van der Waals surface area contributed by atoms with Gasteiger partial charge in [-0.15, -0.1) is 0 Å². The molecule has 0 amide bonds. The SMILES string of the molecule is CCC[C@H]1CC[C@H](CCc2ccc(OC(F)C(F)(F)F)cc2)CC1. The highest BCUT2D eigenvalue weighted by Crippen LogP contribution is 2.34. The lowest BCUT2D eigenvalue weighted by molar-refractivity contribution is -0.236. The molecule has 136 valence electrons. The molecule has 24 heavy (non-hydrogen) atoms. The molecule has 1 aromatic carbocycles. The summed E-state index contributed by atoms with van der Waals surface area (Å²) in [5.41, 5.74) is 1.06. The summed E-state index contributed by atoms with van der Waals surface area (Å²) >= 11 is 0. The summed E-state index contributed by atoms with van der Waals surface area (Å²) in [7, 11) is 0. The van der Waals surface area contributed by atoms with Crippen molar-refractivity contribution in [1.82, 2.24) is 0 Å². The monoisotopic (exact) mass is 346 g/mol. The summed E-state index contributed by atoms with van der Waals surface area (Å²) in [4.78, 5) is 0. The zero-order chi connectivity index (χ0) is 17.6. The lowest BCUT2D eigenvalue weighted by atomic mass is 9.78. The molecule has 1 fully saturated rings. The average molecular weight is 346 g/mol. The third kappa shape index (κ3) is 5.99. The van der Waals surface area contributed by atoms with Gasteiger partial charge in [0.2, 0.25) is 0 Å². The lowest BCUT2D eigenvalue weighted by Gasteiger charge is -2.28. The van der Waals surface area contributed by atoms with E-state index in [-0.39, 0.29) is 5.75 Å². The quantitative estimate of drug-likeness (QED) is 0.515. The number of alkyl halides is 4. The third-order valence-corrected chi connectivity index (χ3v) is 4.92. The number of benzene rings is 1. The third-order valence-electron chi connectivity index (χ3n) is 4.92. The van der Waals surface area contributed by atoms with Crippen molar-refractivity contribution in [1.29, 1.82) is 0 Å². The van der Waals surface area contributed by atoms with Crippen LogP contribution in [0.3, 0.4) is 0 Å². The molecular weight excluding hydrogens is 320 g/mol. The minimum absolute atomic E-state index is 0.0938. The molecule has 1 aliphatic rings. The van der Waals surface area contributed by atoms with Crippen LogP contribution in [-0.2, 0) is 6.42 Å². The molecule has 1 aromatic rings. The molecule has 0 heterocycles. The van der Waals surface area contributed by atoms with Crippen LogP contribution in [0.2, 0.25) is 0 Å². The Hall–Kier alpha value is -1.26. The number of hydrogen-bond acceptors (Lipinski definition) is 1. The second kappa shape index (κ2) is 8.72. The van der Waals surface area contributed by atoms with E-state index in [9.17, 15) is 17.6 Å². The highest BCUT2D eigenvalue weighted by Gasteiger charge is 2.42. The van der Waals surface area contributed by atoms with Crippen LogP contribution in [0.4, 0.5) is 17.6 Å². The Morgan fingerprint density at radius 2 is 1.54 bits per heavy atom. The molecule has 1 atom stereocenters. The van der Waals surface area contributed by atoms with Crippen molar-refractivity contribution in [3.63, 3.8) is 0 Å². The number of halogens is 4. The van der Waals surface area contributed by atoms with Gasteiger partial charge in [0.15, 0.2) is 0 Å². The van der Waals surface area contributed by atoms with E-state index in [0.717, 1.165) is 30.2 Å². The van der Waals surface area contributed by atoms with E-state index < -0.39 is 12.5 Å². The Kier molecular flexibility index (Phi) is 6.93. The molecule has 0 radical (unpaired) electrons. The number of rotatable bonds is 7. The predicted octanol–water partition coefficient (Wildman–Crippen LogP) is 6.46. The summed E-state index contributed by atoms with van der Waals surface area (Å²) in [6.45, 7) is 2.24. The Balaban J connectivity index is 1.74. The van der Waals surface area contributed by atoms with E-state index in [2.05, 4.69) is 11.7 Å². The topological polar surface area (TPSA) is 9.23 Å². The number of aryl methyl sites for hydroxylation is 1. The molecule has 1 aliphatic carbocycles. The summed E-state index contributed by atoms with van der Waals surface area (Å²) < 4.78 is 53.4. The minimum Gasteiger partial charge on any atom is -0.452 e. The van der Waals surface area contributed by atoms with E-state index in [1.54, 1.807) is 12.1 Å². The van der Waals surface area contributed by atoms with Gasteiger partial charge in [0.1, 0.15) is 5.75 Å². The van der Waals surface area contributed by atoms with Crippen molar-refractivity contribution in [3.05, 3.63) is 29.8 Å². The van der Waals surface area contributed by atoms with Crippen molar-refractivity contribution >= 4 is 0 Å². The van der Waals surface area contributed by atoms with E-state index in [1.165, 1.54) is 50.7 Å². The first kappa shape index (κ1) is 19.1. The molecule has 0 bridgehead atoms. The molecule has 1 saturated carbocycles. The first-order valence-electron chi connectivity index (χ1n) is 8.85. The fourth-order valence-electron chi connectivity index (χ4n) is 3.51. The van der Waals surface area contributed by atoms with Crippen LogP contribution in [-0.4, -0.2) is 12.5 Å². The van der Waals surface area contributed by atoms with Crippen molar-refractivity contribution < 1.29 is 22.3 Å². The second-order valence-electron chi connectivity index (χ2n) is 6.83. The average Bonchev–Trinajstić information content (AvgIpc) is 2.55. The maximum absolute atomic E-state index is 12.8. The zero-order valence-electron chi connectivity index (χ0n) is 14.1. The van der Waals surface area contributed by atoms with Crippen LogP contribution in [0.25, 0.3) is 0 Å². The molecule has 0 aliphatic heterocycles. The highest BCUT2D eigenvalue weighted by atomic mass is 19.4. The van der Waals surface area contributed by atoms with Gasteiger partial charge in [0, 0.05) is 0 Å². The Bertz CT molecular complexity index is 475. The standard InChI is InChI=1S/C19H26F4O/c1-2-3-14-4-6-15(7-5-14)8-9-16-10-12-17(13-11-16)24-18(20)19(21,22)23/h10-15,18H,2-9H2,1H3/t14-,15-,18?. The Labute approximate surface area is 141 Å². The van der Waals surface area contributed by atoms with Gasteiger partial charge < -0.3 is 4.74 Å². The zero-order valence-corrected chi connectivity index (χ0v) is 14.1. The van der Waals surface area contributed by atoms with E-state index in [0.29, 0.717) is 0 Å². The number of hydrogen-bond donors (Lipinski definition) is 0. The van der Waals surface area contributed by atoms with Gasteiger partial charge >= 0.3 is 12.5 Å². The van der Waals surface area contributed by atoms with E-state index >= 15 is 0 Å². The van der Waals surface area contributed by atoms with Gasteiger partial charge in [-0.25, -0.2) is 0 Å². The van der Waals surface area contributed by atoms with Gasteiger partial charge in [0.25, 0.3) is 0 Å². The van der Waals surface area contributed by atoms with Crippen LogP contribution in [0.1, 0.15) is 57.4 Å². The van der Waals surface area contributed by atoms with Gasteiger partial charge in [-0.05, 0) is 42.4 Å². The fourth-order valence-corrected chi connectivity index (χ4v) is 3.51. The van der Waals surface area contributed by atoms with Crippen LogP contribution in [0.5, 0.6) is 5.75 Å². The number of ether oxygens (including phenoxy) is 1. The summed E-state index contributed by atoms with van der Waals surface area (Å²) in [5.74, 6) is 1.54. The molecular formula is C19H26F4O. The summed E-state index contributed by atoms with van der Waals surface area (Å²) in [5, 5.41) is 0. The van der Waals surface area contributed by atoms with Gasteiger partial charge in [0.05, 0.1) is 0 Å². The Morgan fingerprint density at radius 1 is 1.00 bits per heavy atom. The Morgan fingerprint density at radius 3 is 2.04 bits per heavy atom. The molecule has 5 heteroatoms. The van der Waals surface area contributed by atoms with Gasteiger partial charge in [-0.1, -0.05) is 57.6 Å². The smallest absolute Gasteiger partial charge is 0.452 e. The molecule has 0 N–H and O–H groups in total.